The van der Waals surface area contributed by atoms with Gasteiger partial charge >= 0.3 is 0 Å². The number of amides is 4. The van der Waals surface area contributed by atoms with Gasteiger partial charge in [0.15, 0.2) is 0 Å². The molecule has 42 heavy (non-hydrogen) atoms. The number of hydrogen-bond donors (Lipinski definition) is 2. The number of benzene rings is 2. The normalized spacial score (nSPS) is 30.7. The monoisotopic (exact) mass is 569 g/mol. The molecule has 1 aliphatic carbocycles. The first kappa shape index (κ1) is 26.1. The largest absolute Gasteiger partial charge is 0.380 e. The van der Waals surface area contributed by atoms with E-state index in [-0.39, 0.29) is 29.9 Å². The highest BCUT2D eigenvalue weighted by Crippen LogP contribution is 2.59. The van der Waals surface area contributed by atoms with Gasteiger partial charge in [-0.3, -0.25) is 39.2 Å². The molecular formula is C32H35N5O5. The second kappa shape index (κ2) is 9.45. The number of fused-ring (bicyclic) bond motifs is 2. The predicted molar refractivity (Wildman–Crippen MR) is 153 cm³/mol. The van der Waals surface area contributed by atoms with E-state index in [1.165, 1.54) is 24.0 Å². The highest BCUT2D eigenvalue weighted by Gasteiger charge is 2.69. The Hall–Kier alpha value is -3.60. The fourth-order valence-electron chi connectivity index (χ4n) is 8.55. The van der Waals surface area contributed by atoms with Crippen molar-refractivity contribution in [1.29, 1.82) is 0 Å². The van der Waals surface area contributed by atoms with Crippen molar-refractivity contribution in [2.45, 2.75) is 69.4 Å². The number of aryl methyl sites for hydroxylation is 1. The highest BCUT2D eigenvalue weighted by atomic mass is 16.5. The molecule has 6 fully saturated rings. The second-order valence-electron chi connectivity index (χ2n) is 12.9. The average Bonchev–Trinajstić information content (AvgIpc) is 3.67. The van der Waals surface area contributed by atoms with Crippen molar-refractivity contribution >= 4 is 29.3 Å². The number of nitrogens with zero attached hydrogens (tertiary/aromatic N) is 3. The molecule has 4 amide bonds. The summed E-state index contributed by atoms with van der Waals surface area (Å²) in [6.45, 7) is 7.70. The Morgan fingerprint density at radius 1 is 1.07 bits per heavy atom. The quantitative estimate of drug-likeness (QED) is 0.488. The minimum atomic E-state index is -0.978. The summed E-state index contributed by atoms with van der Waals surface area (Å²) in [5, 5.41) is 5.59. The number of imide groups is 2. The van der Waals surface area contributed by atoms with Gasteiger partial charge in [0.05, 0.1) is 29.9 Å². The van der Waals surface area contributed by atoms with Gasteiger partial charge in [0.1, 0.15) is 6.04 Å². The third-order valence-corrected chi connectivity index (χ3v) is 10.6. The summed E-state index contributed by atoms with van der Waals surface area (Å²) in [7, 11) is 0. The molecule has 9 rings (SSSR count). The molecule has 10 nitrogen and oxygen atoms in total. The van der Waals surface area contributed by atoms with Crippen molar-refractivity contribution in [1.82, 2.24) is 20.0 Å². The van der Waals surface area contributed by atoms with Gasteiger partial charge in [0, 0.05) is 56.3 Å². The van der Waals surface area contributed by atoms with Crippen LogP contribution in [0.3, 0.4) is 0 Å². The number of piperidine rings is 1. The predicted octanol–water partition coefficient (Wildman–Crippen LogP) is 2.06. The average molecular weight is 570 g/mol. The number of carbonyl (C=O) groups excluding carboxylic acids is 4. The second-order valence-corrected chi connectivity index (χ2v) is 12.9. The fraction of sp³-hybridized carbons (Fsp3) is 0.500. The molecule has 0 aromatic heterocycles. The van der Waals surface area contributed by atoms with Crippen molar-refractivity contribution in [3.63, 3.8) is 0 Å². The first-order chi connectivity index (χ1) is 20.3. The van der Waals surface area contributed by atoms with Crippen molar-refractivity contribution < 1.29 is 23.9 Å². The Kier molecular flexibility index (Phi) is 5.87. The van der Waals surface area contributed by atoms with E-state index in [0.717, 1.165) is 55.3 Å². The Morgan fingerprint density at radius 2 is 1.93 bits per heavy atom. The molecule has 6 aliphatic heterocycles. The lowest BCUT2D eigenvalue weighted by atomic mass is 9.75. The third-order valence-electron chi connectivity index (χ3n) is 10.6. The van der Waals surface area contributed by atoms with Crippen LogP contribution in [-0.4, -0.2) is 88.3 Å². The van der Waals surface area contributed by atoms with Crippen molar-refractivity contribution in [3.8, 4) is 0 Å². The number of carbonyl (C=O) groups is 4. The van der Waals surface area contributed by atoms with Crippen molar-refractivity contribution in [3.05, 3.63) is 64.2 Å². The number of nitrogens with one attached hydrogen (secondary N) is 2. The van der Waals surface area contributed by atoms with E-state index >= 15 is 0 Å². The minimum Gasteiger partial charge on any atom is -0.380 e. The summed E-state index contributed by atoms with van der Waals surface area (Å²) < 4.78 is 5.85. The maximum atomic E-state index is 13.4. The van der Waals surface area contributed by atoms with E-state index in [4.69, 9.17) is 4.74 Å². The van der Waals surface area contributed by atoms with Crippen LogP contribution < -0.4 is 10.6 Å². The standard InChI is InChI=1S/C32H35N5O5/c1-18-11-19(5-6-20(18)13-35-14-21(15-35)37-25-9-10-32(37)17-42-16-23(25)32)12-33-24-4-2-3-22-28(24)31(41)36(30(22)40)26-7-8-27(38)34-29(26)39/h2-6,11,21,23,25-26,33H,7-10,12-17H2,1H3,(H,34,38,39). The maximum absolute atomic E-state index is 13.4. The molecular weight excluding hydrogens is 534 g/mol. The van der Waals surface area contributed by atoms with E-state index in [2.05, 4.69) is 45.6 Å². The maximum Gasteiger partial charge on any atom is 0.264 e. The van der Waals surface area contributed by atoms with Gasteiger partial charge in [-0.05, 0) is 55.0 Å². The number of likely N-dealkylation sites (tertiary alicyclic amines) is 1. The Labute approximate surface area is 244 Å². The lowest BCUT2D eigenvalue weighted by molar-refractivity contribution is -0.136. The van der Waals surface area contributed by atoms with Gasteiger partial charge in [-0.1, -0.05) is 24.3 Å². The zero-order valence-electron chi connectivity index (χ0n) is 23.7. The van der Waals surface area contributed by atoms with Gasteiger partial charge in [0.25, 0.3) is 11.8 Å². The van der Waals surface area contributed by atoms with Gasteiger partial charge in [-0.2, -0.15) is 0 Å². The molecule has 218 valence electrons. The molecule has 2 bridgehead atoms. The SMILES string of the molecule is Cc1cc(CNc2cccc3c2C(=O)N(C2CCC(=O)NC2=O)C3=O)ccc1CN1CC(N2C3CCC24COCC34)C1. The highest BCUT2D eigenvalue weighted by molar-refractivity contribution is 6.25. The summed E-state index contributed by atoms with van der Waals surface area (Å²) in [5.74, 6) is -1.23. The topological polar surface area (TPSA) is 111 Å². The van der Waals surface area contributed by atoms with Crippen LogP contribution in [0.15, 0.2) is 36.4 Å². The number of rotatable bonds is 7. The molecule has 2 aromatic carbocycles. The van der Waals surface area contributed by atoms with Crippen LogP contribution >= 0.6 is 0 Å². The first-order valence-electron chi connectivity index (χ1n) is 15.1. The van der Waals surface area contributed by atoms with Crippen LogP contribution in [0, 0.1) is 12.8 Å². The molecule has 1 saturated carbocycles. The van der Waals surface area contributed by atoms with Crippen LogP contribution in [0.2, 0.25) is 0 Å². The zero-order valence-corrected chi connectivity index (χ0v) is 23.7. The van der Waals surface area contributed by atoms with Crippen LogP contribution in [0.1, 0.15) is 63.1 Å². The Balaban J connectivity index is 0.900. The van der Waals surface area contributed by atoms with E-state index in [1.54, 1.807) is 18.2 Å². The van der Waals surface area contributed by atoms with Crippen molar-refractivity contribution in [2.24, 2.45) is 5.92 Å². The number of hydrogen-bond acceptors (Lipinski definition) is 8. The van der Waals surface area contributed by atoms with Crippen molar-refractivity contribution in [2.75, 3.05) is 31.6 Å². The minimum absolute atomic E-state index is 0.0953. The zero-order chi connectivity index (χ0) is 28.7. The van der Waals surface area contributed by atoms with Gasteiger partial charge < -0.3 is 10.1 Å². The summed E-state index contributed by atoms with van der Waals surface area (Å²) in [4.78, 5) is 56.8. The first-order valence-corrected chi connectivity index (χ1v) is 15.1. The van der Waals surface area contributed by atoms with Crippen LogP contribution in [0.25, 0.3) is 0 Å². The third kappa shape index (κ3) is 3.74. The summed E-state index contributed by atoms with van der Waals surface area (Å²) >= 11 is 0. The Morgan fingerprint density at radius 3 is 2.74 bits per heavy atom. The van der Waals surface area contributed by atoms with E-state index in [9.17, 15) is 19.2 Å². The lowest BCUT2D eigenvalue weighted by Gasteiger charge is -2.61. The van der Waals surface area contributed by atoms with Crippen LogP contribution in [-0.2, 0) is 27.4 Å². The smallest absolute Gasteiger partial charge is 0.264 e. The summed E-state index contributed by atoms with van der Waals surface area (Å²) in [6, 6.07) is 12.0. The van der Waals surface area contributed by atoms with E-state index in [0.29, 0.717) is 23.8 Å². The van der Waals surface area contributed by atoms with E-state index in [1.807, 2.05) is 0 Å². The lowest BCUT2D eigenvalue weighted by Crippen LogP contribution is -2.75. The molecule has 6 heterocycles. The van der Waals surface area contributed by atoms with Crippen LogP contribution in [0.4, 0.5) is 5.69 Å². The number of anilines is 1. The van der Waals surface area contributed by atoms with Gasteiger partial charge in [0.2, 0.25) is 11.8 Å². The molecule has 4 atom stereocenters. The molecule has 2 N–H and O–H groups in total. The molecule has 0 radical (unpaired) electrons. The number of ether oxygens (including phenoxy) is 1. The Bertz CT molecular complexity index is 1530. The van der Waals surface area contributed by atoms with Gasteiger partial charge in [-0.15, -0.1) is 0 Å². The van der Waals surface area contributed by atoms with Gasteiger partial charge in [-0.25, -0.2) is 0 Å². The summed E-state index contributed by atoms with van der Waals surface area (Å²) in [5.41, 5.74) is 5.10. The molecule has 4 unspecified atom stereocenters. The van der Waals surface area contributed by atoms with E-state index < -0.39 is 23.8 Å². The van der Waals surface area contributed by atoms with Crippen LogP contribution in [0.5, 0.6) is 0 Å². The molecule has 1 spiro atoms. The molecule has 2 aromatic rings. The molecule has 5 saturated heterocycles. The molecule has 7 aliphatic rings. The molecule has 10 heteroatoms. The fourth-order valence-corrected chi connectivity index (χ4v) is 8.55. The summed E-state index contributed by atoms with van der Waals surface area (Å²) in [6.07, 6.45) is 2.88.